The molecule has 0 bridgehead atoms. The van der Waals surface area contributed by atoms with Gasteiger partial charge >= 0.3 is 39.0 Å². The van der Waals surface area contributed by atoms with E-state index in [1.54, 1.807) is 49.6 Å². The summed E-state index contributed by atoms with van der Waals surface area (Å²) >= 11 is 19.1. The van der Waals surface area contributed by atoms with Crippen LogP contribution in [0.25, 0.3) is 21.3 Å². The van der Waals surface area contributed by atoms with E-state index < -0.39 is 0 Å². The molecule has 0 fully saturated rings. The van der Waals surface area contributed by atoms with E-state index in [4.69, 9.17) is 46.4 Å². The Morgan fingerprint density at radius 3 is 0.450 bits per heavy atom. The number of hydrogen-bond acceptors (Lipinski definition) is 8. The van der Waals surface area contributed by atoms with Gasteiger partial charge in [0, 0.05) is 46.5 Å². The Labute approximate surface area is 396 Å². The molecule has 60 heavy (non-hydrogen) atoms. The molecule has 8 rings (SSSR count). The summed E-state index contributed by atoms with van der Waals surface area (Å²) in [4.78, 5) is 32.5. The second kappa shape index (κ2) is 35.7. The summed E-state index contributed by atoms with van der Waals surface area (Å²) in [5, 5.41) is 17.3. The Morgan fingerprint density at radius 2 is 0.367 bits per heavy atom. The van der Waals surface area contributed by atoms with Gasteiger partial charge < -0.3 is 61.1 Å². The van der Waals surface area contributed by atoms with Crippen molar-refractivity contribution in [1.82, 2.24) is 39.9 Å². The fourth-order valence-corrected chi connectivity index (χ4v) is 3.83. The molecular weight excluding hydrogens is 1020 g/mol. The zero-order chi connectivity index (χ0) is 41.1. The zero-order valence-corrected chi connectivity index (χ0v) is 37.7. The van der Waals surface area contributed by atoms with Crippen LogP contribution in [0.5, 0.6) is 0 Å². The zero-order valence-electron chi connectivity index (χ0n) is 31.4. The number of hydrogen-bond donors (Lipinski definition) is 0. The van der Waals surface area contributed by atoms with E-state index in [9.17, 15) is 0 Å². The molecule has 8 aromatic rings. The van der Waals surface area contributed by atoms with Gasteiger partial charge in [-0.15, -0.1) is 46.4 Å². The molecule has 8 aromatic heterocycles. The van der Waals surface area contributed by atoms with Crippen molar-refractivity contribution in [2.24, 2.45) is 0 Å². The predicted octanol–water partition coefficient (Wildman–Crippen LogP) is 14.1. The van der Waals surface area contributed by atoms with E-state index in [-0.39, 0.29) is 49.6 Å². The van der Waals surface area contributed by atoms with Gasteiger partial charge in [0.2, 0.25) is 0 Å². The quantitative estimate of drug-likeness (QED) is 0.107. The van der Waals surface area contributed by atoms with Gasteiger partial charge in [-0.3, -0.25) is 0 Å². The van der Waals surface area contributed by atoms with Gasteiger partial charge in [0.15, 0.2) is 0 Å². The van der Waals surface area contributed by atoms with Gasteiger partial charge in [-0.05, 0) is 98.1 Å². The summed E-state index contributed by atoms with van der Waals surface area (Å²) in [5.41, 5.74) is 0. The van der Waals surface area contributed by atoms with Crippen LogP contribution in [-0.2, 0) is 39.0 Å². The third-order valence-electron chi connectivity index (χ3n) is 6.11. The van der Waals surface area contributed by atoms with E-state index in [0.717, 1.165) is 0 Å². The number of nitrogens with zero attached hydrogens (tertiary/aromatic N) is 12. The molecule has 0 aliphatic heterocycles. The number of aromatic nitrogens is 8. The van der Waals surface area contributed by atoms with Crippen LogP contribution in [0.15, 0.2) is 195 Å². The molecule has 0 spiro atoms. The van der Waals surface area contributed by atoms with E-state index in [1.165, 1.54) is 0 Å². The molecule has 0 unspecified atom stereocenters. The second-order valence-corrected chi connectivity index (χ2v) is 11.8. The molecule has 2 radical (unpaired) electrons. The third kappa shape index (κ3) is 25.3. The van der Waals surface area contributed by atoms with E-state index in [1.807, 2.05) is 146 Å². The van der Waals surface area contributed by atoms with Crippen LogP contribution in [0.4, 0.5) is 46.5 Å². The SMILES string of the molecule is ClCCl.ClCCl.[Rh+2].[Rh+2].c1ccc([N-]c2ccccn2)nc1.c1ccc([N-]c2ccccn2)nc1.c1ccc([N-]c2ccccn2)nc1.c1ccc([N-]c2ccccn2)nc1. The van der Waals surface area contributed by atoms with Crippen LogP contribution < -0.4 is 0 Å². The van der Waals surface area contributed by atoms with Crippen LogP contribution in [-0.4, -0.2) is 50.6 Å². The van der Waals surface area contributed by atoms with Gasteiger partial charge in [-0.25, -0.2) is 0 Å². The molecule has 12 nitrogen and oxygen atoms in total. The summed E-state index contributed by atoms with van der Waals surface area (Å²) in [7, 11) is 0. The van der Waals surface area contributed by atoms with Crippen LogP contribution >= 0.6 is 46.4 Å². The maximum atomic E-state index is 4.76. The number of halogens is 4. The Morgan fingerprint density at radius 1 is 0.250 bits per heavy atom. The Bertz CT molecular complexity index is 1660. The van der Waals surface area contributed by atoms with Crippen molar-refractivity contribution in [2.75, 3.05) is 10.7 Å². The summed E-state index contributed by atoms with van der Waals surface area (Å²) in [6, 6.07) is 44.8. The van der Waals surface area contributed by atoms with Gasteiger partial charge in [-0.2, -0.15) is 0 Å². The average molecular weight is 1060 g/mol. The molecule has 0 saturated carbocycles. The molecule has 0 amide bonds. The molecule has 0 saturated heterocycles. The Hall–Kier alpha value is -5.19. The molecule has 0 aromatic carbocycles. The van der Waals surface area contributed by atoms with Crippen molar-refractivity contribution in [1.29, 1.82) is 0 Å². The topological polar surface area (TPSA) is 160 Å². The number of alkyl halides is 4. The van der Waals surface area contributed by atoms with Gasteiger partial charge in [-0.1, -0.05) is 97.1 Å². The van der Waals surface area contributed by atoms with E-state index >= 15 is 0 Å². The van der Waals surface area contributed by atoms with Crippen LogP contribution in [0.3, 0.4) is 0 Å². The van der Waals surface area contributed by atoms with Crippen molar-refractivity contribution in [3.63, 3.8) is 0 Å². The van der Waals surface area contributed by atoms with Crippen molar-refractivity contribution in [2.45, 2.75) is 0 Å². The van der Waals surface area contributed by atoms with Gasteiger partial charge in [0.05, 0.1) is 10.7 Å². The first-order valence-corrected chi connectivity index (χ1v) is 19.2. The first kappa shape index (κ1) is 52.8. The van der Waals surface area contributed by atoms with Crippen LogP contribution in [0.2, 0.25) is 0 Å². The molecule has 0 aliphatic carbocycles. The van der Waals surface area contributed by atoms with Gasteiger partial charge in [0.25, 0.3) is 0 Å². The maximum Gasteiger partial charge on any atom is 2.00 e. The first-order chi connectivity index (χ1) is 28.6. The van der Waals surface area contributed by atoms with Crippen LogP contribution in [0.1, 0.15) is 0 Å². The van der Waals surface area contributed by atoms with E-state index in [2.05, 4.69) is 61.1 Å². The maximum absolute atomic E-state index is 4.76. The molecular formula is C42H36Cl4N12Rh2. The van der Waals surface area contributed by atoms with Crippen molar-refractivity contribution in [3.05, 3.63) is 216 Å². The number of rotatable bonds is 8. The fourth-order valence-electron chi connectivity index (χ4n) is 3.83. The summed E-state index contributed by atoms with van der Waals surface area (Å²) < 4.78 is 0. The molecule has 8 heterocycles. The minimum atomic E-state index is 0. The van der Waals surface area contributed by atoms with Gasteiger partial charge in [0.1, 0.15) is 0 Å². The minimum absolute atomic E-state index is 0. The normalized spacial score (nSPS) is 8.87. The molecule has 0 N–H and O–H groups in total. The number of pyridine rings is 8. The second-order valence-electron chi connectivity index (χ2n) is 10.2. The summed E-state index contributed by atoms with van der Waals surface area (Å²) in [6.07, 6.45) is 13.7. The minimum Gasteiger partial charge on any atom is -0.369 e. The molecule has 310 valence electrons. The molecule has 0 aliphatic rings. The standard InChI is InChI=1S/4C10H8N3.2CH2Cl2.2Rh/c4*1-3-7-11-9(5-1)13-10-6-2-4-8-12-10;2*2-1-3;;/h4*1-8H;2*1H2;;/q4*-1;;;2*+2. The van der Waals surface area contributed by atoms with Crippen LogP contribution in [0, 0.1) is 0 Å². The molecule has 18 heteroatoms. The summed E-state index contributed by atoms with van der Waals surface area (Å²) in [6.45, 7) is 0. The largest absolute Gasteiger partial charge is 2.00 e. The fraction of sp³-hybridized carbons (Fsp3) is 0.0476. The third-order valence-corrected chi connectivity index (χ3v) is 6.11. The van der Waals surface area contributed by atoms with Crippen molar-refractivity contribution in [3.8, 4) is 0 Å². The monoisotopic (exact) mass is 1050 g/mol. The van der Waals surface area contributed by atoms with E-state index in [0.29, 0.717) is 46.5 Å². The first-order valence-electron chi connectivity index (χ1n) is 17.0. The smallest absolute Gasteiger partial charge is 0.369 e. The Balaban J connectivity index is 0.000000378. The predicted molar refractivity (Wildman–Crippen MR) is 238 cm³/mol. The Kier molecular flexibility index (Phi) is 31.5. The van der Waals surface area contributed by atoms with Crippen molar-refractivity contribution < 1.29 is 39.0 Å². The average Bonchev–Trinajstić information content (AvgIpc) is 3.28. The summed E-state index contributed by atoms with van der Waals surface area (Å²) in [5.74, 6) is 5.45. The molecule has 0 atom stereocenters. The van der Waals surface area contributed by atoms with Crippen molar-refractivity contribution >= 4 is 92.9 Å².